The van der Waals surface area contributed by atoms with E-state index >= 15 is 0 Å². The summed E-state index contributed by atoms with van der Waals surface area (Å²) in [6, 6.07) is 0. The summed E-state index contributed by atoms with van der Waals surface area (Å²) in [5.41, 5.74) is 0.138. The highest BCUT2D eigenvalue weighted by Gasteiger charge is 2.31. The number of ether oxygens (including phenoxy) is 1. The van der Waals surface area contributed by atoms with Crippen molar-refractivity contribution >= 4 is 5.91 Å². The molecule has 1 N–H and O–H groups in total. The lowest BCUT2D eigenvalue weighted by molar-refractivity contribution is -0.0765. The molecule has 2 aliphatic rings. The Morgan fingerprint density at radius 3 is 3.14 bits per heavy atom. The Bertz CT molecular complexity index is 522. The summed E-state index contributed by atoms with van der Waals surface area (Å²) in [6.07, 6.45) is 4.18. The summed E-state index contributed by atoms with van der Waals surface area (Å²) in [6.45, 7) is 8.71. The van der Waals surface area contributed by atoms with E-state index in [0.29, 0.717) is 31.3 Å². The van der Waals surface area contributed by atoms with Crippen molar-refractivity contribution in [3.63, 3.8) is 0 Å². The first-order valence-corrected chi connectivity index (χ1v) is 8.08. The average Bonchev–Trinajstić information content (AvgIpc) is 2.95. The highest BCUT2D eigenvalue weighted by atomic mass is 16.5. The second kappa shape index (κ2) is 6.34. The lowest BCUT2D eigenvalue weighted by Crippen LogP contribution is -2.50. The van der Waals surface area contributed by atoms with Crippen molar-refractivity contribution < 1.29 is 9.53 Å². The fourth-order valence-corrected chi connectivity index (χ4v) is 3.18. The summed E-state index contributed by atoms with van der Waals surface area (Å²) < 4.78 is 7.45. The van der Waals surface area contributed by atoms with Gasteiger partial charge >= 0.3 is 0 Å². The van der Waals surface area contributed by atoms with Gasteiger partial charge in [-0.05, 0) is 45.7 Å². The number of nitrogens with zero attached hydrogens (tertiary/aromatic N) is 4. The van der Waals surface area contributed by atoms with Crippen LogP contribution in [0.25, 0.3) is 0 Å². The zero-order valence-electron chi connectivity index (χ0n) is 13.4. The molecule has 3 heterocycles. The summed E-state index contributed by atoms with van der Waals surface area (Å²) in [4.78, 5) is 14.3. The van der Waals surface area contributed by atoms with Gasteiger partial charge in [-0.3, -0.25) is 9.48 Å². The number of carbonyl (C=O) groups excluding carboxylic acids is 1. The molecular weight excluding hydrogens is 282 g/mol. The van der Waals surface area contributed by atoms with Gasteiger partial charge in [-0.25, -0.2) is 0 Å². The van der Waals surface area contributed by atoms with Crippen LogP contribution in [0.15, 0.2) is 6.20 Å². The fraction of sp³-hybridized carbons (Fsp3) is 0.800. The average molecular weight is 307 g/mol. The number of piperidine rings is 1. The van der Waals surface area contributed by atoms with Gasteiger partial charge in [0, 0.05) is 19.6 Å². The standard InChI is InChI=1S/C15H25N5O2/c1-15(2)11-19(6-7-22-15)14(21)13-10-20(18-17-13)9-12-4-3-5-16-8-12/h10,12,16H,3-9,11H2,1-2H3/t12-/m1/s1. The molecule has 122 valence electrons. The molecule has 1 atom stereocenters. The molecule has 2 aliphatic heterocycles. The molecule has 3 rings (SSSR count). The van der Waals surface area contributed by atoms with Crippen LogP contribution in [0.5, 0.6) is 0 Å². The van der Waals surface area contributed by atoms with Crippen LogP contribution in [0, 0.1) is 5.92 Å². The van der Waals surface area contributed by atoms with E-state index in [1.54, 1.807) is 15.8 Å². The number of amides is 1. The molecule has 1 aromatic heterocycles. The third kappa shape index (κ3) is 3.64. The minimum atomic E-state index is -0.294. The maximum absolute atomic E-state index is 12.5. The number of nitrogens with one attached hydrogen (secondary N) is 1. The highest BCUT2D eigenvalue weighted by Crippen LogP contribution is 2.18. The van der Waals surface area contributed by atoms with E-state index in [0.717, 1.165) is 19.6 Å². The summed E-state index contributed by atoms with van der Waals surface area (Å²) in [5, 5.41) is 11.6. The van der Waals surface area contributed by atoms with Gasteiger partial charge in [0.25, 0.3) is 5.91 Å². The first-order chi connectivity index (χ1) is 10.5. The first-order valence-electron chi connectivity index (χ1n) is 8.08. The smallest absolute Gasteiger partial charge is 0.276 e. The summed E-state index contributed by atoms with van der Waals surface area (Å²) in [5.74, 6) is 0.519. The molecule has 0 aromatic carbocycles. The molecule has 1 amide bonds. The molecular formula is C15H25N5O2. The number of hydrogen-bond donors (Lipinski definition) is 1. The molecule has 0 unspecified atom stereocenters. The third-order valence-corrected chi connectivity index (χ3v) is 4.31. The molecule has 1 aromatic rings. The molecule has 0 saturated carbocycles. The van der Waals surface area contributed by atoms with Gasteiger partial charge in [-0.2, -0.15) is 0 Å². The van der Waals surface area contributed by atoms with Crippen molar-refractivity contribution in [2.75, 3.05) is 32.8 Å². The van der Waals surface area contributed by atoms with E-state index in [9.17, 15) is 4.79 Å². The Morgan fingerprint density at radius 2 is 2.41 bits per heavy atom. The van der Waals surface area contributed by atoms with Gasteiger partial charge in [0.1, 0.15) is 0 Å². The predicted octanol–water partition coefficient (Wildman–Crippen LogP) is 0.529. The number of hydrogen-bond acceptors (Lipinski definition) is 5. The van der Waals surface area contributed by atoms with Crippen molar-refractivity contribution in [3.8, 4) is 0 Å². The number of carbonyl (C=O) groups is 1. The van der Waals surface area contributed by atoms with Gasteiger partial charge < -0.3 is 15.0 Å². The van der Waals surface area contributed by atoms with Crippen LogP contribution in [0.2, 0.25) is 0 Å². The van der Waals surface area contributed by atoms with Crippen LogP contribution in [-0.4, -0.2) is 64.2 Å². The second-order valence-corrected chi connectivity index (χ2v) is 6.87. The fourth-order valence-electron chi connectivity index (χ4n) is 3.18. The summed E-state index contributed by atoms with van der Waals surface area (Å²) in [7, 11) is 0. The van der Waals surface area contributed by atoms with Crippen molar-refractivity contribution in [2.45, 2.75) is 38.8 Å². The van der Waals surface area contributed by atoms with Gasteiger partial charge in [-0.1, -0.05) is 5.21 Å². The quantitative estimate of drug-likeness (QED) is 0.882. The van der Waals surface area contributed by atoms with Crippen LogP contribution < -0.4 is 5.32 Å². The molecule has 2 fully saturated rings. The Morgan fingerprint density at radius 1 is 1.55 bits per heavy atom. The minimum absolute atomic E-state index is 0.0515. The van der Waals surface area contributed by atoms with E-state index < -0.39 is 0 Å². The van der Waals surface area contributed by atoms with Gasteiger partial charge in [0.2, 0.25) is 0 Å². The van der Waals surface area contributed by atoms with Crippen LogP contribution in [0.3, 0.4) is 0 Å². The number of rotatable bonds is 3. The van der Waals surface area contributed by atoms with E-state index in [2.05, 4.69) is 15.6 Å². The monoisotopic (exact) mass is 307 g/mol. The van der Waals surface area contributed by atoms with Gasteiger partial charge in [0.15, 0.2) is 5.69 Å². The topological polar surface area (TPSA) is 72.3 Å². The normalized spacial score (nSPS) is 25.2. The Balaban J connectivity index is 1.61. The maximum atomic E-state index is 12.5. The third-order valence-electron chi connectivity index (χ3n) is 4.31. The highest BCUT2D eigenvalue weighted by molar-refractivity contribution is 5.92. The SMILES string of the molecule is CC1(C)CN(C(=O)c2cn(C[C@@H]3CCCNC3)nn2)CCO1. The molecule has 7 heteroatoms. The van der Waals surface area contributed by atoms with Crippen molar-refractivity contribution in [3.05, 3.63) is 11.9 Å². The molecule has 0 aliphatic carbocycles. The number of aromatic nitrogens is 3. The lowest BCUT2D eigenvalue weighted by Gasteiger charge is -2.37. The molecule has 0 radical (unpaired) electrons. The second-order valence-electron chi connectivity index (χ2n) is 6.87. The molecule has 22 heavy (non-hydrogen) atoms. The molecule has 2 saturated heterocycles. The van der Waals surface area contributed by atoms with E-state index in [4.69, 9.17) is 4.74 Å². The minimum Gasteiger partial charge on any atom is -0.372 e. The Kier molecular flexibility index (Phi) is 4.44. The van der Waals surface area contributed by atoms with Crippen LogP contribution in [-0.2, 0) is 11.3 Å². The number of morpholine rings is 1. The van der Waals surface area contributed by atoms with E-state index in [1.165, 1.54) is 12.8 Å². The zero-order chi connectivity index (χ0) is 15.6. The Hall–Kier alpha value is -1.47. The van der Waals surface area contributed by atoms with Gasteiger partial charge in [0.05, 0.1) is 18.4 Å². The van der Waals surface area contributed by atoms with Crippen LogP contribution in [0.4, 0.5) is 0 Å². The predicted molar refractivity (Wildman–Crippen MR) is 81.6 cm³/mol. The van der Waals surface area contributed by atoms with Crippen molar-refractivity contribution in [2.24, 2.45) is 5.92 Å². The van der Waals surface area contributed by atoms with E-state index in [-0.39, 0.29) is 11.5 Å². The lowest BCUT2D eigenvalue weighted by atomic mass is 10.00. The van der Waals surface area contributed by atoms with Crippen LogP contribution in [0.1, 0.15) is 37.2 Å². The van der Waals surface area contributed by atoms with Crippen LogP contribution >= 0.6 is 0 Å². The first kappa shape index (κ1) is 15.4. The Labute approximate surface area is 131 Å². The van der Waals surface area contributed by atoms with E-state index in [1.807, 2.05) is 13.8 Å². The molecule has 0 bridgehead atoms. The zero-order valence-corrected chi connectivity index (χ0v) is 13.4. The van der Waals surface area contributed by atoms with Crippen molar-refractivity contribution in [1.82, 2.24) is 25.2 Å². The van der Waals surface area contributed by atoms with Crippen molar-refractivity contribution in [1.29, 1.82) is 0 Å². The molecule has 0 spiro atoms. The maximum Gasteiger partial charge on any atom is 0.276 e. The van der Waals surface area contributed by atoms with Gasteiger partial charge in [-0.15, -0.1) is 5.10 Å². The largest absolute Gasteiger partial charge is 0.372 e. The molecule has 7 nitrogen and oxygen atoms in total. The summed E-state index contributed by atoms with van der Waals surface area (Å²) >= 11 is 0.